The molecular weight excluding hydrogens is 608 g/mol. The van der Waals surface area contributed by atoms with Crippen LogP contribution in [-0.4, -0.2) is 107 Å². The summed E-state index contributed by atoms with van der Waals surface area (Å²) >= 11 is 0. The number of carbonyl (C=O) groups excluding carboxylic acids is 3. The van der Waals surface area contributed by atoms with E-state index in [9.17, 15) is 14.4 Å². The number of nitrogens with one attached hydrogen (secondary N) is 1. The maximum atomic E-state index is 14.7. The highest BCUT2D eigenvalue weighted by atomic mass is 16.6. The minimum Gasteiger partial charge on any atom is -0.444 e. The normalized spacial score (nSPS) is 23.5. The van der Waals surface area contributed by atoms with Gasteiger partial charge in [-0.1, -0.05) is 47.5 Å². The molecule has 4 atom stereocenters. The Morgan fingerprint density at radius 1 is 1.04 bits per heavy atom. The van der Waals surface area contributed by atoms with Gasteiger partial charge in [-0.2, -0.15) is 0 Å². The van der Waals surface area contributed by atoms with Crippen molar-refractivity contribution < 1.29 is 23.9 Å². The predicted molar refractivity (Wildman–Crippen MR) is 188 cm³/mol. The summed E-state index contributed by atoms with van der Waals surface area (Å²) in [6.45, 7) is 18.8. The number of hydrogen-bond acceptors (Lipinski definition) is 8. The summed E-state index contributed by atoms with van der Waals surface area (Å²) in [4.78, 5) is 57.9. The lowest BCUT2D eigenvalue weighted by Crippen LogP contribution is -2.59. The molecule has 1 N–H and O–H groups in total. The summed E-state index contributed by atoms with van der Waals surface area (Å²) in [6.07, 6.45) is 9.23. The number of hydrogen-bond donors (Lipinski definition) is 1. The second-order valence-corrected chi connectivity index (χ2v) is 16.6. The topological polar surface area (TPSA) is 117 Å². The van der Waals surface area contributed by atoms with E-state index in [1.165, 1.54) is 19.3 Å². The third-order valence-electron chi connectivity index (χ3n) is 9.73. The van der Waals surface area contributed by atoms with Crippen LogP contribution in [0.5, 0.6) is 0 Å². The first-order valence-electron chi connectivity index (χ1n) is 18.3. The Morgan fingerprint density at radius 3 is 2.42 bits per heavy atom. The molecule has 270 valence electrons. The number of ether oxygens (including phenoxy) is 2. The van der Waals surface area contributed by atoms with Crippen molar-refractivity contribution in [3.05, 3.63) is 17.6 Å². The molecule has 3 amide bonds. The Balaban J connectivity index is 1.68. The highest BCUT2D eigenvalue weighted by molar-refractivity contribution is 5.98. The first-order valence-corrected chi connectivity index (χ1v) is 18.3. The Bertz CT molecular complexity index is 1260. The second kappa shape index (κ2) is 16.2. The number of piperidine rings is 2. The van der Waals surface area contributed by atoms with Gasteiger partial charge in [0.1, 0.15) is 22.8 Å². The summed E-state index contributed by atoms with van der Waals surface area (Å²) in [5, 5.41) is 3.38. The monoisotopic (exact) mass is 670 g/mol. The lowest BCUT2D eigenvalue weighted by Gasteiger charge is -2.48. The SMILES string of the molecule is COCCCNc1nc(C(C)(C)C)ncc1C(=O)N(CC(C)C)[C@H]1C[C@@H](C(=O)N2CCCC3CCCCC32)CN(C(=O)OC(C)(C)C)C1. The van der Waals surface area contributed by atoms with Gasteiger partial charge >= 0.3 is 6.09 Å². The molecule has 2 saturated heterocycles. The van der Waals surface area contributed by atoms with Gasteiger partial charge in [-0.15, -0.1) is 0 Å². The van der Waals surface area contributed by atoms with Gasteiger partial charge in [0.25, 0.3) is 5.91 Å². The zero-order valence-corrected chi connectivity index (χ0v) is 31.1. The minimum absolute atomic E-state index is 0.111. The van der Waals surface area contributed by atoms with Crippen LogP contribution < -0.4 is 5.32 Å². The molecule has 1 aliphatic carbocycles. The fraction of sp³-hybridized carbons (Fsp3) is 0.811. The molecule has 4 rings (SSSR count). The van der Waals surface area contributed by atoms with Gasteiger partial charge < -0.3 is 29.5 Å². The van der Waals surface area contributed by atoms with Gasteiger partial charge in [0.2, 0.25) is 5.91 Å². The molecule has 0 radical (unpaired) electrons. The average Bonchev–Trinajstić information content (AvgIpc) is 3.03. The summed E-state index contributed by atoms with van der Waals surface area (Å²) in [5.74, 6) is 1.33. The van der Waals surface area contributed by atoms with Gasteiger partial charge in [0, 0.05) is 64.1 Å². The molecule has 0 spiro atoms. The van der Waals surface area contributed by atoms with Crippen molar-refractivity contribution >= 4 is 23.7 Å². The number of methoxy groups -OCH3 is 1. The van der Waals surface area contributed by atoms with Crippen molar-refractivity contribution in [2.24, 2.45) is 17.8 Å². The number of rotatable bonds is 10. The predicted octanol–water partition coefficient (Wildman–Crippen LogP) is 6.13. The Kier molecular flexibility index (Phi) is 12.8. The maximum Gasteiger partial charge on any atom is 0.410 e. The zero-order valence-electron chi connectivity index (χ0n) is 31.1. The van der Waals surface area contributed by atoms with E-state index in [-0.39, 0.29) is 41.8 Å². The van der Waals surface area contributed by atoms with E-state index in [2.05, 4.69) is 29.0 Å². The largest absolute Gasteiger partial charge is 0.444 e. The van der Waals surface area contributed by atoms with Crippen LogP contribution in [0.3, 0.4) is 0 Å². The summed E-state index contributed by atoms with van der Waals surface area (Å²) in [5.41, 5.74) is -0.604. The quantitative estimate of drug-likeness (QED) is 0.296. The molecule has 48 heavy (non-hydrogen) atoms. The van der Waals surface area contributed by atoms with E-state index < -0.39 is 17.6 Å². The lowest BCUT2D eigenvalue weighted by molar-refractivity contribution is -0.144. The summed E-state index contributed by atoms with van der Waals surface area (Å²) in [6, 6.07) is -0.111. The van der Waals surface area contributed by atoms with Crippen molar-refractivity contribution in [1.82, 2.24) is 24.7 Å². The first-order chi connectivity index (χ1) is 22.6. The van der Waals surface area contributed by atoms with Crippen LogP contribution in [0.2, 0.25) is 0 Å². The number of anilines is 1. The molecule has 2 aliphatic heterocycles. The number of amides is 3. The molecule has 3 aliphatic rings. The van der Waals surface area contributed by atoms with Crippen molar-refractivity contribution in [2.75, 3.05) is 51.8 Å². The van der Waals surface area contributed by atoms with Gasteiger partial charge in [0.05, 0.1) is 12.0 Å². The van der Waals surface area contributed by atoms with Crippen LogP contribution in [0.4, 0.5) is 10.6 Å². The van der Waals surface area contributed by atoms with Crippen LogP contribution in [0.1, 0.15) is 123 Å². The molecule has 0 bridgehead atoms. The third kappa shape index (κ3) is 9.82. The number of nitrogens with zero attached hydrogens (tertiary/aromatic N) is 5. The van der Waals surface area contributed by atoms with Crippen molar-refractivity contribution in [1.29, 1.82) is 0 Å². The fourth-order valence-corrected chi connectivity index (χ4v) is 7.49. The van der Waals surface area contributed by atoms with Crippen LogP contribution in [0.25, 0.3) is 0 Å². The Labute approximate surface area is 288 Å². The lowest BCUT2D eigenvalue weighted by atomic mass is 9.77. The molecule has 2 unspecified atom stereocenters. The number of likely N-dealkylation sites (tertiary alicyclic amines) is 2. The number of carbonyl (C=O) groups is 3. The average molecular weight is 671 g/mol. The molecule has 1 aromatic rings. The fourth-order valence-electron chi connectivity index (χ4n) is 7.49. The highest BCUT2D eigenvalue weighted by Crippen LogP contribution is 2.37. The van der Waals surface area contributed by atoms with E-state index in [0.717, 1.165) is 32.2 Å². The molecular formula is C37H62N6O5. The number of fused-ring (bicyclic) bond motifs is 1. The van der Waals surface area contributed by atoms with E-state index >= 15 is 0 Å². The Hall–Kier alpha value is -2.95. The summed E-state index contributed by atoms with van der Waals surface area (Å²) in [7, 11) is 1.67. The standard InChI is InChI=1S/C37H62N6O5/c1-25(2)22-43(33(45)29-21-39-34(36(3,4)5)40-31(29)38-17-13-19-47-9)28-20-27(23-41(24-28)35(46)48-37(6,7)8)32(44)42-18-12-15-26-14-10-11-16-30(26)42/h21,25-28,30H,10-20,22-24H2,1-9H3,(H,38,39,40)/t26?,27-,28+,30?/m1/s1. The van der Waals surface area contributed by atoms with E-state index in [1.54, 1.807) is 18.2 Å². The maximum absolute atomic E-state index is 14.7. The molecule has 11 heteroatoms. The van der Waals surface area contributed by atoms with E-state index in [1.807, 2.05) is 46.4 Å². The molecule has 0 aromatic carbocycles. The molecule has 1 saturated carbocycles. The van der Waals surface area contributed by atoms with Crippen molar-refractivity contribution in [3.8, 4) is 0 Å². The van der Waals surface area contributed by atoms with Crippen LogP contribution >= 0.6 is 0 Å². The van der Waals surface area contributed by atoms with E-state index in [0.29, 0.717) is 55.8 Å². The van der Waals surface area contributed by atoms with Crippen molar-refractivity contribution in [2.45, 2.75) is 130 Å². The second-order valence-electron chi connectivity index (χ2n) is 16.6. The first kappa shape index (κ1) is 37.9. The van der Waals surface area contributed by atoms with Crippen LogP contribution in [0.15, 0.2) is 6.20 Å². The zero-order chi connectivity index (χ0) is 35.2. The smallest absolute Gasteiger partial charge is 0.410 e. The third-order valence-corrected chi connectivity index (χ3v) is 9.73. The molecule has 11 nitrogen and oxygen atoms in total. The van der Waals surface area contributed by atoms with Crippen molar-refractivity contribution in [3.63, 3.8) is 0 Å². The summed E-state index contributed by atoms with van der Waals surface area (Å²) < 4.78 is 11.1. The highest BCUT2D eigenvalue weighted by Gasteiger charge is 2.44. The molecule has 3 heterocycles. The number of aromatic nitrogens is 2. The van der Waals surface area contributed by atoms with E-state index in [4.69, 9.17) is 14.5 Å². The van der Waals surface area contributed by atoms with Gasteiger partial charge in [-0.05, 0) is 71.1 Å². The molecule has 3 fully saturated rings. The Morgan fingerprint density at radius 2 is 1.75 bits per heavy atom. The van der Waals surface area contributed by atoms with Crippen LogP contribution in [-0.2, 0) is 19.7 Å². The minimum atomic E-state index is -0.686. The van der Waals surface area contributed by atoms with Gasteiger partial charge in [0.15, 0.2) is 0 Å². The van der Waals surface area contributed by atoms with Gasteiger partial charge in [-0.25, -0.2) is 14.8 Å². The van der Waals surface area contributed by atoms with Crippen LogP contribution in [0, 0.1) is 17.8 Å². The molecule has 1 aromatic heterocycles. The van der Waals surface area contributed by atoms with Gasteiger partial charge in [-0.3, -0.25) is 9.59 Å².